The molecule has 2 aliphatic heterocycles. The minimum Gasteiger partial charge on any atom is -0.343 e. The van der Waals surface area contributed by atoms with Gasteiger partial charge < -0.3 is 9.80 Å². The molecule has 2 amide bonds. The maximum atomic E-state index is 13.5. The molecule has 2 aliphatic rings. The van der Waals surface area contributed by atoms with Crippen molar-refractivity contribution in [2.24, 2.45) is 11.8 Å². The number of pyridine rings is 1. The first-order chi connectivity index (χ1) is 37.7. The molecule has 2 aromatic rings. The number of piperidine rings is 1. The number of likely N-dealkylation sites (tertiary alicyclic amines) is 1. The molecule has 0 saturated carbocycles. The number of aromatic nitrogens is 1. The van der Waals surface area contributed by atoms with Gasteiger partial charge in [0.1, 0.15) is 0 Å². The zero-order valence-corrected chi connectivity index (χ0v) is 73.3. The van der Waals surface area contributed by atoms with Gasteiger partial charge in [0.25, 0.3) is 0 Å². The molecule has 2 fully saturated rings. The molecule has 0 radical (unpaired) electrons. The van der Waals surface area contributed by atoms with E-state index in [0.29, 0.717) is 24.8 Å². The normalized spacial score (nSPS) is 13.6. The quantitative estimate of drug-likeness (QED) is 0.424. The molecule has 2 atom stereocenters. The van der Waals surface area contributed by atoms with Crippen molar-refractivity contribution >= 4 is 401 Å². The van der Waals surface area contributed by atoms with Gasteiger partial charge in [0.05, 0.1) is 11.7 Å². The predicted molar refractivity (Wildman–Crippen MR) is 448 cm³/mol. The lowest BCUT2D eigenvalue weighted by Crippen LogP contribution is -2.58. The fraction of sp³-hybridized carbons (Fsp3) is 0.536. The van der Waals surface area contributed by atoms with Crippen LogP contribution in [0, 0.1) is 11.8 Å². The molecule has 440 valence electrons. The number of rotatable bonds is 6. The number of halogens is 1. The molecule has 1 aromatic heterocycles. The monoisotopic (exact) mass is 1840 g/mol. The van der Waals surface area contributed by atoms with E-state index in [1.54, 1.807) is 113 Å². The third-order valence-corrected chi connectivity index (χ3v) is 95.6. The lowest BCUT2D eigenvalue weighted by atomic mass is 9.91. The maximum absolute atomic E-state index is 13.5. The zero-order chi connectivity index (χ0) is 55.2. The van der Waals surface area contributed by atoms with Crippen LogP contribution < -0.4 is 0 Å². The zero-order valence-electron chi connectivity index (χ0n) is 38.2. The fourth-order valence-electron chi connectivity index (χ4n) is 5.95. The number of carbonyl (C=O) groups is 2. The average molecular weight is 1840 g/mol. The molecule has 0 N–H and O–H groups in total. The first-order valence-electron chi connectivity index (χ1n) is 19.6. The molecule has 49 heteroatoms. The fourth-order valence-corrected chi connectivity index (χ4v) is 110. The molecule has 0 spiro atoms. The van der Waals surface area contributed by atoms with E-state index in [4.69, 9.17) is 34.0 Å². The van der Waals surface area contributed by atoms with Crippen LogP contribution in [-0.2, 0) is 387 Å². The molecule has 0 bridgehead atoms. The van der Waals surface area contributed by atoms with E-state index < -0.39 is 0 Å². The Hall–Kier alpha value is 6.80. The van der Waals surface area contributed by atoms with Crippen LogP contribution in [0.25, 0.3) is 0 Å². The van der Waals surface area contributed by atoms with E-state index in [9.17, 15) is 9.59 Å². The second-order valence-electron chi connectivity index (χ2n) is 13.0. The van der Waals surface area contributed by atoms with Crippen LogP contribution in [0.1, 0.15) is 57.3 Å². The Labute approximate surface area is 579 Å². The van der Waals surface area contributed by atoms with Crippen LogP contribution >= 0.6 is 11.6 Å². The Bertz CT molecular complexity index is 4110. The van der Waals surface area contributed by atoms with Crippen LogP contribution in [0.3, 0.4) is 0 Å². The highest BCUT2D eigenvalue weighted by molar-refractivity contribution is 8.81. The molecular weight excluding hydrogens is 1810 g/mol. The van der Waals surface area contributed by atoms with Gasteiger partial charge in [-0.05, 0) is 54.5 Å². The molecule has 77 heavy (non-hydrogen) atoms. The van der Waals surface area contributed by atoms with Crippen LogP contribution in [0.2, 0.25) is 5.02 Å². The molecule has 3 heterocycles. The predicted octanol–water partition coefficient (Wildman–Crippen LogP) is 4.54. The number of amides is 2. The molecule has 2 saturated heterocycles. The molecule has 1 unspecified atom stereocenters. The number of benzene rings is 1. The summed E-state index contributed by atoms with van der Waals surface area (Å²) in [6, 6.07) is 14.2. The topological polar surface area (TPSA) is 56.8 Å². The lowest BCUT2D eigenvalue weighted by molar-refractivity contribution is -0.139. The van der Waals surface area contributed by atoms with E-state index in [1.165, 1.54) is 17.8 Å². The third-order valence-electron chi connectivity index (χ3n) is 8.67. The Morgan fingerprint density at radius 2 is 0.896 bits per heavy atom. The smallest absolute Gasteiger partial charge is 0.223 e. The van der Waals surface area contributed by atoms with Crippen LogP contribution in [0.5, 0.6) is 0 Å². The van der Waals surface area contributed by atoms with E-state index in [0.717, 1.165) is 55.3 Å². The SMILES string of the molecule is CC(=O)N1CCC(CC(=O)N2CCN(C(c3ccc(Cl)cc3)c3ccccn3)C[C@@H]2C(C)C)CC1.S=S=S=S=S=S=S=S=S=S=S=S=S=S=S=S=S=S=S=S=S=S=S=S=S=S=S=S=S=S=S=S=S=S=S=S=S=S=S=S=S=S. The summed E-state index contributed by atoms with van der Waals surface area (Å²) in [5, 5.41) is 0.720. The summed E-state index contributed by atoms with van der Waals surface area (Å²) in [6.45, 7) is 9.88. The van der Waals surface area contributed by atoms with Crippen molar-refractivity contribution in [2.75, 3.05) is 32.7 Å². The Morgan fingerprint density at radius 3 is 1.21 bits per heavy atom. The van der Waals surface area contributed by atoms with Crippen molar-refractivity contribution in [1.82, 2.24) is 19.7 Å². The molecule has 4 rings (SSSR count). The van der Waals surface area contributed by atoms with Gasteiger partial charge in [-0.3, -0.25) is 19.5 Å². The molecular formula is C28H37ClN4O2S42. The van der Waals surface area contributed by atoms with Crippen LogP contribution in [-0.4, -0.2) is 70.3 Å². The van der Waals surface area contributed by atoms with Crippen molar-refractivity contribution in [1.29, 1.82) is 0 Å². The Balaban J connectivity index is 0.000000410. The second kappa shape index (κ2) is 55.6. The number of piperazine rings is 1. The van der Waals surface area contributed by atoms with Crippen molar-refractivity contribution < 1.29 is 9.59 Å². The number of carbonyl (C=O) groups excluding carboxylic acids is 2. The van der Waals surface area contributed by atoms with Gasteiger partial charge in [0.2, 0.25) is 11.8 Å². The second-order valence-corrected chi connectivity index (χ2v) is 84.2. The van der Waals surface area contributed by atoms with E-state index in [1.807, 2.05) is 266 Å². The minimum absolute atomic E-state index is 0.0166. The number of hydrogen-bond donors (Lipinski definition) is 0. The summed E-state index contributed by atoms with van der Waals surface area (Å²) in [5.74, 6) is 1.09. The molecule has 0 aliphatic carbocycles. The molecule has 6 nitrogen and oxygen atoms in total. The standard InChI is InChI=1S/C28H37ClN4O2.S42/c1-20(2)26-19-32(28(25-6-4-5-13-30-25)23-7-9-24(29)10-8-23)16-17-33(26)27(35)18-22-11-14-31(15-12-22)21(3)34;1-3-5-7-9-11-13-15-17-19-21-23-25-27-29-31-33-35-37-39-41-42-40-38-36-34-32-30-28-26-24-22-20-18-16-14-12-10-8-6-4-2/h4-10,13,20,22,26,28H,11-12,14-19H2,1-3H3;/t26-,28?;/m1./s1. The third kappa shape index (κ3) is 41.0. The lowest BCUT2D eigenvalue weighted by Gasteiger charge is -2.46. The highest BCUT2D eigenvalue weighted by Crippen LogP contribution is 2.32. The molecule has 1 aromatic carbocycles. The highest BCUT2D eigenvalue weighted by atomic mass is 35.5. The first-order valence-corrected chi connectivity index (χ1v) is 74.7. The van der Waals surface area contributed by atoms with Crippen molar-refractivity contribution in [3.63, 3.8) is 0 Å². The highest BCUT2D eigenvalue weighted by Gasteiger charge is 2.37. The van der Waals surface area contributed by atoms with Gasteiger partial charge in [-0.1, -0.05) is 43.6 Å². The maximum Gasteiger partial charge on any atom is 0.223 e. The van der Waals surface area contributed by atoms with Gasteiger partial charge in [-0.25, -0.2) is 0 Å². The summed E-state index contributed by atoms with van der Waals surface area (Å²) in [4.78, 5) is 36.3. The van der Waals surface area contributed by atoms with Crippen LogP contribution in [0.15, 0.2) is 48.7 Å². The van der Waals surface area contributed by atoms with Crippen molar-refractivity contribution in [3.8, 4) is 0 Å². The minimum atomic E-state index is 0.0166. The average Bonchev–Trinajstić information content (AvgIpc) is 3.44. The van der Waals surface area contributed by atoms with Crippen molar-refractivity contribution in [3.05, 3.63) is 64.9 Å². The van der Waals surface area contributed by atoms with Gasteiger partial charge in [-0.15, -0.1) is 0 Å². The largest absolute Gasteiger partial charge is 0.343 e. The van der Waals surface area contributed by atoms with E-state index in [2.05, 4.69) is 46.8 Å². The summed E-state index contributed by atoms with van der Waals surface area (Å²) in [5.41, 5.74) is 2.17. The Morgan fingerprint density at radius 1 is 0.532 bits per heavy atom. The van der Waals surface area contributed by atoms with Gasteiger partial charge in [0.15, 0.2) is 0 Å². The van der Waals surface area contributed by atoms with E-state index in [-0.39, 0.29) is 23.9 Å². The summed E-state index contributed by atoms with van der Waals surface area (Å²) < 4.78 is 0. The Kier molecular flexibility index (Phi) is 56.4. The van der Waals surface area contributed by atoms with Gasteiger partial charge in [0, 0.05) is 441 Å². The first kappa shape index (κ1) is 78.0. The summed E-state index contributed by atoms with van der Waals surface area (Å²) in [7, 11) is 71.1. The van der Waals surface area contributed by atoms with Crippen LogP contribution in [0.4, 0.5) is 0 Å². The van der Waals surface area contributed by atoms with Gasteiger partial charge >= 0.3 is 0 Å². The summed E-state index contributed by atoms with van der Waals surface area (Å²) in [6.07, 6.45) is 4.25. The number of hydrogen-bond acceptors (Lipinski definition) is 6. The van der Waals surface area contributed by atoms with Gasteiger partial charge in [-0.2, -0.15) is 0 Å². The van der Waals surface area contributed by atoms with Crippen molar-refractivity contribution in [2.45, 2.75) is 52.1 Å². The summed E-state index contributed by atoms with van der Waals surface area (Å²) >= 11 is 15.8. The number of nitrogens with zero attached hydrogens (tertiary/aromatic N) is 4. The van der Waals surface area contributed by atoms with E-state index >= 15 is 0 Å².